The van der Waals surface area contributed by atoms with Crippen LogP contribution in [0.5, 0.6) is 0 Å². The van der Waals surface area contributed by atoms with Crippen molar-refractivity contribution >= 4 is 28.9 Å². The molecule has 0 bridgehead atoms. The van der Waals surface area contributed by atoms with Gasteiger partial charge in [0.25, 0.3) is 5.78 Å². The molecule has 0 aliphatic carbocycles. The molecule has 0 aliphatic heterocycles. The van der Waals surface area contributed by atoms with Crippen molar-refractivity contribution in [1.29, 1.82) is 0 Å². The van der Waals surface area contributed by atoms with Gasteiger partial charge in [-0.3, -0.25) is 0 Å². The lowest BCUT2D eigenvalue weighted by Crippen LogP contribution is -2.06. The van der Waals surface area contributed by atoms with E-state index in [4.69, 9.17) is 16.0 Å². The van der Waals surface area contributed by atoms with Crippen LogP contribution in [0.25, 0.3) is 17.4 Å². The first-order chi connectivity index (χ1) is 12.0. The molecular formula is C18H16ClN5O. The molecule has 7 heteroatoms. The molecule has 0 atom stereocenters. The summed E-state index contributed by atoms with van der Waals surface area (Å²) in [6.07, 6.45) is 1.60. The third-order valence-corrected chi connectivity index (χ3v) is 4.55. The number of aromatic nitrogens is 4. The fraction of sp³-hybridized carbons (Fsp3) is 0.167. The molecule has 0 spiro atoms. The Kier molecular flexibility index (Phi) is 3.69. The van der Waals surface area contributed by atoms with Gasteiger partial charge in [0.05, 0.1) is 6.26 Å². The maximum absolute atomic E-state index is 6.24. The summed E-state index contributed by atoms with van der Waals surface area (Å²) in [7, 11) is 0. The lowest BCUT2D eigenvalue weighted by Gasteiger charge is -2.13. The second-order valence-electron chi connectivity index (χ2n) is 5.88. The van der Waals surface area contributed by atoms with Crippen molar-refractivity contribution in [2.45, 2.75) is 20.8 Å². The van der Waals surface area contributed by atoms with E-state index in [1.54, 1.807) is 16.8 Å². The van der Waals surface area contributed by atoms with E-state index in [0.717, 1.165) is 28.3 Å². The highest BCUT2D eigenvalue weighted by molar-refractivity contribution is 6.31. The van der Waals surface area contributed by atoms with Crippen molar-refractivity contribution < 1.29 is 4.42 Å². The molecule has 6 nitrogen and oxygen atoms in total. The summed E-state index contributed by atoms with van der Waals surface area (Å²) < 4.78 is 7.08. The maximum Gasteiger partial charge on any atom is 0.255 e. The average Bonchev–Trinajstić information content (AvgIpc) is 3.24. The van der Waals surface area contributed by atoms with Crippen LogP contribution in [0.3, 0.4) is 0 Å². The van der Waals surface area contributed by atoms with Crippen molar-refractivity contribution in [3.8, 4) is 11.6 Å². The third-order valence-electron chi connectivity index (χ3n) is 4.14. The minimum Gasteiger partial charge on any atom is -0.461 e. The average molecular weight is 354 g/mol. The fourth-order valence-electron chi connectivity index (χ4n) is 2.55. The lowest BCUT2D eigenvalue weighted by molar-refractivity contribution is 0.577. The summed E-state index contributed by atoms with van der Waals surface area (Å²) in [5.41, 5.74) is 3.77. The molecule has 3 aromatic heterocycles. The zero-order valence-electron chi connectivity index (χ0n) is 14.0. The third kappa shape index (κ3) is 2.74. The number of furan rings is 1. The molecule has 0 amide bonds. The van der Waals surface area contributed by atoms with Gasteiger partial charge >= 0.3 is 0 Å². The highest BCUT2D eigenvalue weighted by Gasteiger charge is 2.16. The number of aryl methyl sites for hydroxylation is 2. The van der Waals surface area contributed by atoms with Gasteiger partial charge in [0, 0.05) is 22.0 Å². The maximum atomic E-state index is 6.24. The number of hydrogen-bond donors (Lipinski definition) is 1. The molecule has 0 aliphatic rings. The fourth-order valence-corrected chi connectivity index (χ4v) is 2.74. The van der Waals surface area contributed by atoms with E-state index in [0.29, 0.717) is 22.4 Å². The van der Waals surface area contributed by atoms with Crippen LogP contribution in [0.1, 0.15) is 16.8 Å². The Morgan fingerprint density at radius 1 is 1.12 bits per heavy atom. The first-order valence-electron chi connectivity index (χ1n) is 7.84. The molecule has 0 fully saturated rings. The second kappa shape index (κ2) is 5.89. The first kappa shape index (κ1) is 15.7. The van der Waals surface area contributed by atoms with Crippen LogP contribution in [-0.2, 0) is 0 Å². The molecule has 4 rings (SSSR count). The van der Waals surface area contributed by atoms with Crippen molar-refractivity contribution in [3.05, 3.63) is 58.4 Å². The van der Waals surface area contributed by atoms with Gasteiger partial charge in [0.1, 0.15) is 5.82 Å². The molecule has 25 heavy (non-hydrogen) atoms. The van der Waals surface area contributed by atoms with Gasteiger partial charge in [-0.1, -0.05) is 17.7 Å². The second-order valence-corrected chi connectivity index (χ2v) is 6.29. The van der Waals surface area contributed by atoms with Crippen LogP contribution in [0.2, 0.25) is 5.02 Å². The van der Waals surface area contributed by atoms with E-state index in [9.17, 15) is 0 Å². The van der Waals surface area contributed by atoms with E-state index in [2.05, 4.69) is 20.4 Å². The van der Waals surface area contributed by atoms with Crippen molar-refractivity contribution in [1.82, 2.24) is 19.6 Å². The summed E-state index contributed by atoms with van der Waals surface area (Å²) >= 11 is 6.24. The normalized spacial score (nSPS) is 11.2. The Labute approximate surface area is 149 Å². The first-order valence-corrected chi connectivity index (χ1v) is 8.22. The van der Waals surface area contributed by atoms with Gasteiger partial charge < -0.3 is 9.73 Å². The van der Waals surface area contributed by atoms with Crippen LogP contribution in [0.15, 0.2) is 41.0 Å². The molecule has 0 radical (unpaired) electrons. The van der Waals surface area contributed by atoms with Gasteiger partial charge in [-0.25, -0.2) is 4.98 Å². The summed E-state index contributed by atoms with van der Waals surface area (Å²) in [5.74, 6) is 2.40. The van der Waals surface area contributed by atoms with Crippen LogP contribution in [0, 0.1) is 20.8 Å². The summed E-state index contributed by atoms with van der Waals surface area (Å²) in [6.45, 7) is 5.91. The molecule has 4 aromatic rings. The molecule has 0 unspecified atom stereocenters. The topological polar surface area (TPSA) is 68.2 Å². The minimum atomic E-state index is 0.493. The smallest absolute Gasteiger partial charge is 0.255 e. The van der Waals surface area contributed by atoms with E-state index < -0.39 is 0 Å². The van der Waals surface area contributed by atoms with Crippen LogP contribution in [0.4, 0.5) is 11.5 Å². The highest BCUT2D eigenvalue weighted by atomic mass is 35.5. The van der Waals surface area contributed by atoms with Crippen molar-refractivity contribution in [3.63, 3.8) is 0 Å². The molecular weight excluding hydrogens is 338 g/mol. The summed E-state index contributed by atoms with van der Waals surface area (Å²) in [4.78, 5) is 8.99. The number of benzene rings is 1. The van der Waals surface area contributed by atoms with E-state index in [1.807, 2.05) is 45.0 Å². The highest BCUT2D eigenvalue weighted by Crippen LogP contribution is 2.27. The van der Waals surface area contributed by atoms with E-state index >= 15 is 0 Å². The van der Waals surface area contributed by atoms with E-state index in [-0.39, 0.29) is 0 Å². The van der Waals surface area contributed by atoms with Crippen molar-refractivity contribution in [2.75, 3.05) is 5.32 Å². The molecule has 0 saturated heterocycles. The Morgan fingerprint density at radius 3 is 2.68 bits per heavy atom. The van der Waals surface area contributed by atoms with Crippen LogP contribution in [-0.4, -0.2) is 19.6 Å². The van der Waals surface area contributed by atoms with Gasteiger partial charge in [0.2, 0.25) is 5.82 Å². The number of hydrogen-bond acceptors (Lipinski definition) is 5. The Bertz CT molecular complexity index is 1070. The molecule has 1 aromatic carbocycles. The standard InChI is InChI=1S/C18H16ClN5O/c1-10-6-7-13(9-14(10)19)21-17-11(2)12(3)20-18-22-16(23-24(17)18)15-5-4-8-25-15/h4-9,21H,1-3H3. The van der Waals surface area contributed by atoms with Crippen LogP contribution >= 0.6 is 11.6 Å². The van der Waals surface area contributed by atoms with Crippen molar-refractivity contribution in [2.24, 2.45) is 0 Å². The van der Waals surface area contributed by atoms with Crippen LogP contribution < -0.4 is 5.32 Å². The van der Waals surface area contributed by atoms with Gasteiger partial charge in [-0.15, -0.1) is 5.10 Å². The number of nitrogens with one attached hydrogen (secondary N) is 1. The zero-order valence-corrected chi connectivity index (χ0v) is 14.8. The predicted octanol–water partition coefficient (Wildman–Crippen LogP) is 4.71. The quantitative estimate of drug-likeness (QED) is 0.577. The predicted molar refractivity (Wildman–Crippen MR) is 97.4 cm³/mol. The number of rotatable bonds is 3. The Balaban J connectivity index is 1.86. The zero-order chi connectivity index (χ0) is 17.6. The summed E-state index contributed by atoms with van der Waals surface area (Å²) in [5, 5.41) is 8.64. The lowest BCUT2D eigenvalue weighted by atomic mass is 10.2. The summed E-state index contributed by atoms with van der Waals surface area (Å²) in [6, 6.07) is 9.47. The number of nitrogens with zero attached hydrogens (tertiary/aromatic N) is 4. The van der Waals surface area contributed by atoms with Gasteiger partial charge in [0.15, 0.2) is 5.76 Å². The molecule has 1 N–H and O–H groups in total. The largest absolute Gasteiger partial charge is 0.461 e. The monoisotopic (exact) mass is 353 g/mol. The molecule has 3 heterocycles. The number of fused-ring (bicyclic) bond motifs is 1. The Morgan fingerprint density at radius 2 is 1.96 bits per heavy atom. The molecule has 126 valence electrons. The number of anilines is 2. The minimum absolute atomic E-state index is 0.493. The van der Waals surface area contributed by atoms with Gasteiger partial charge in [-0.2, -0.15) is 9.50 Å². The van der Waals surface area contributed by atoms with E-state index in [1.165, 1.54) is 0 Å². The van der Waals surface area contributed by atoms with Gasteiger partial charge in [-0.05, 0) is 50.6 Å². The Hall–Kier alpha value is -2.86. The SMILES string of the molecule is Cc1ccc(Nc2c(C)c(C)nc3nc(-c4ccco4)nn23)cc1Cl. The number of halogens is 1. The molecule has 0 saturated carbocycles.